The van der Waals surface area contributed by atoms with Gasteiger partial charge in [-0.15, -0.1) is 0 Å². The third-order valence-corrected chi connectivity index (χ3v) is 4.33. The number of hydrogen-bond acceptors (Lipinski definition) is 2. The van der Waals surface area contributed by atoms with Crippen molar-refractivity contribution in [2.45, 2.75) is 25.8 Å². The van der Waals surface area contributed by atoms with E-state index >= 15 is 0 Å². The fourth-order valence-corrected chi connectivity index (χ4v) is 3.08. The minimum Gasteiger partial charge on any atom is -0.334 e. The van der Waals surface area contributed by atoms with Gasteiger partial charge in [0, 0.05) is 23.6 Å². The molecule has 1 amide bonds. The van der Waals surface area contributed by atoms with Crippen LogP contribution in [-0.4, -0.2) is 29.9 Å². The average Bonchev–Trinajstić information content (AvgIpc) is 2.37. The Morgan fingerprint density at radius 3 is 2.95 bits per heavy atom. The summed E-state index contributed by atoms with van der Waals surface area (Å²) < 4.78 is 13.6. The maximum absolute atomic E-state index is 13.1. The van der Waals surface area contributed by atoms with Crippen LogP contribution in [0.3, 0.4) is 0 Å². The summed E-state index contributed by atoms with van der Waals surface area (Å²) in [4.78, 5) is 14.3. The molecule has 0 radical (unpaired) electrons. The Labute approximate surface area is 121 Å². The first-order chi connectivity index (χ1) is 9.02. The maximum atomic E-state index is 13.1. The largest absolute Gasteiger partial charge is 0.334 e. The lowest BCUT2D eigenvalue weighted by Crippen LogP contribution is -2.49. The summed E-state index contributed by atoms with van der Waals surface area (Å²) in [5, 5.41) is 0. The van der Waals surface area contributed by atoms with Gasteiger partial charge in [-0.1, -0.05) is 6.92 Å². The van der Waals surface area contributed by atoms with Crippen molar-refractivity contribution < 1.29 is 9.18 Å². The molecule has 0 spiro atoms. The topological polar surface area (TPSA) is 46.3 Å². The minimum atomic E-state index is -0.355. The lowest BCUT2D eigenvalue weighted by atomic mass is 9.92. The average molecular weight is 329 g/mol. The van der Waals surface area contributed by atoms with Crippen LogP contribution in [0.25, 0.3) is 0 Å². The van der Waals surface area contributed by atoms with E-state index in [1.54, 1.807) is 0 Å². The van der Waals surface area contributed by atoms with Gasteiger partial charge in [0.2, 0.25) is 0 Å². The number of amides is 1. The molecule has 1 heterocycles. The predicted octanol–water partition coefficient (Wildman–Crippen LogP) is 2.79. The summed E-state index contributed by atoms with van der Waals surface area (Å²) >= 11 is 3.25. The van der Waals surface area contributed by atoms with Crippen molar-refractivity contribution in [3.63, 3.8) is 0 Å². The van der Waals surface area contributed by atoms with Crippen molar-refractivity contribution in [2.75, 3.05) is 13.1 Å². The van der Waals surface area contributed by atoms with Gasteiger partial charge < -0.3 is 10.6 Å². The van der Waals surface area contributed by atoms with Crippen LogP contribution in [0.1, 0.15) is 30.1 Å². The first-order valence-electron chi connectivity index (χ1n) is 6.49. The van der Waals surface area contributed by atoms with E-state index in [0.717, 1.165) is 12.8 Å². The highest BCUT2D eigenvalue weighted by Crippen LogP contribution is 2.26. The van der Waals surface area contributed by atoms with E-state index in [-0.39, 0.29) is 17.8 Å². The van der Waals surface area contributed by atoms with Gasteiger partial charge in [-0.05, 0) is 52.9 Å². The van der Waals surface area contributed by atoms with E-state index in [9.17, 15) is 9.18 Å². The number of likely N-dealkylation sites (tertiary alicyclic amines) is 1. The molecule has 1 saturated heterocycles. The molecule has 0 aromatic heterocycles. The van der Waals surface area contributed by atoms with Gasteiger partial charge >= 0.3 is 0 Å². The molecule has 0 aliphatic carbocycles. The van der Waals surface area contributed by atoms with Gasteiger partial charge in [-0.25, -0.2) is 4.39 Å². The van der Waals surface area contributed by atoms with Crippen molar-refractivity contribution in [3.8, 4) is 0 Å². The number of hydrogen-bond donors (Lipinski definition) is 1. The monoisotopic (exact) mass is 328 g/mol. The number of benzene rings is 1. The number of halogens is 2. The molecule has 2 atom stereocenters. The minimum absolute atomic E-state index is 0.0748. The summed E-state index contributed by atoms with van der Waals surface area (Å²) in [7, 11) is 0. The highest BCUT2D eigenvalue weighted by molar-refractivity contribution is 9.10. The Morgan fingerprint density at radius 2 is 2.32 bits per heavy atom. The van der Waals surface area contributed by atoms with Crippen molar-refractivity contribution in [2.24, 2.45) is 11.7 Å². The molecule has 1 aromatic rings. The number of rotatable bonds is 2. The van der Waals surface area contributed by atoms with E-state index in [4.69, 9.17) is 5.73 Å². The first-order valence-corrected chi connectivity index (χ1v) is 7.28. The van der Waals surface area contributed by atoms with Crippen molar-refractivity contribution in [1.82, 2.24) is 4.90 Å². The summed E-state index contributed by atoms with van der Waals surface area (Å²) in [6.07, 6.45) is 1.92. The van der Waals surface area contributed by atoms with E-state index in [0.29, 0.717) is 29.0 Å². The summed E-state index contributed by atoms with van der Waals surface area (Å²) in [5.74, 6) is 0.162. The zero-order valence-corrected chi connectivity index (χ0v) is 12.5. The molecule has 1 fully saturated rings. The molecule has 0 bridgehead atoms. The number of carbonyl (C=O) groups excluding carboxylic acids is 1. The van der Waals surface area contributed by atoms with Crippen molar-refractivity contribution >= 4 is 21.8 Å². The first kappa shape index (κ1) is 14.5. The molecule has 1 aromatic carbocycles. The molecular formula is C14H18BrFN2O. The molecule has 5 heteroatoms. The molecule has 2 unspecified atom stereocenters. The lowest BCUT2D eigenvalue weighted by molar-refractivity contribution is 0.0572. The molecule has 2 N–H and O–H groups in total. The molecule has 0 saturated carbocycles. The number of nitrogens with zero attached hydrogens (tertiary/aromatic N) is 1. The second kappa shape index (κ2) is 6.01. The highest BCUT2D eigenvalue weighted by atomic mass is 79.9. The number of nitrogens with two attached hydrogens (primary N) is 1. The summed E-state index contributed by atoms with van der Waals surface area (Å²) in [6.45, 7) is 3.36. The van der Waals surface area contributed by atoms with Gasteiger partial charge in [0.05, 0.1) is 5.56 Å². The van der Waals surface area contributed by atoms with Crippen LogP contribution in [0.5, 0.6) is 0 Å². The summed E-state index contributed by atoms with van der Waals surface area (Å²) in [6, 6.07) is 4.22. The quantitative estimate of drug-likeness (QED) is 0.907. The van der Waals surface area contributed by atoms with Gasteiger partial charge in [-0.2, -0.15) is 0 Å². The van der Waals surface area contributed by atoms with Crippen LogP contribution < -0.4 is 5.73 Å². The molecule has 2 rings (SSSR count). The van der Waals surface area contributed by atoms with E-state index in [1.807, 2.05) is 4.90 Å². The molecule has 1 aliphatic heterocycles. The predicted molar refractivity (Wildman–Crippen MR) is 76.4 cm³/mol. The van der Waals surface area contributed by atoms with Crippen molar-refractivity contribution in [3.05, 3.63) is 34.1 Å². The molecule has 19 heavy (non-hydrogen) atoms. The SMILES string of the molecule is CC1CCN(C(=O)c2ccc(F)cc2Br)C(CN)C1. The third-order valence-electron chi connectivity index (χ3n) is 3.67. The Morgan fingerprint density at radius 1 is 1.58 bits per heavy atom. The highest BCUT2D eigenvalue weighted by Gasteiger charge is 2.30. The number of piperidine rings is 1. The van der Waals surface area contributed by atoms with E-state index in [1.165, 1.54) is 18.2 Å². The zero-order valence-electron chi connectivity index (χ0n) is 10.9. The van der Waals surface area contributed by atoms with Crippen LogP contribution in [0.4, 0.5) is 4.39 Å². The molecular weight excluding hydrogens is 311 g/mol. The molecule has 3 nitrogen and oxygen atoms in total. The van der Waals surface area contributed by atoms with Crippen LogP contribution in [0, 0.1) is 11.7 Å². The van der Waals surface area contributed by atoms with Crippen LogP contribution in [0.15, 0.2) is 22.7 Å². The number of carbonyl (C=O) groups is 1. The van der Waals surface area contributed by atoms with Crippen LogP contribution in [-0.2, 0) is 0 Å². The lowest BCUT2D eigenvalue weighted by Gasteiger charge is -2.38. The Hall–Kier alpha value is -0.940. The smallest absolute Gasteiger partial charge is 0.255 e. The Kier molecular flexibility index (Phi) is 4.58. The fourth-order valence-electron chi connectivity index (χ4n) is 2.56. The van der Waals surface area contributed by atoms with Gasteiger partial charge in [0.1, 0.15) is 5.82 Å². The fraction of sp³-hybridized carbons (Fsp3) is 0.500. The van der Waals surface area contributed by atoms with E-state index < -0.39 is 0 Å². The molecule has 104 valence electrons. The third kappa shape index (κ3) is 3.15. The van der Waals surface area contributed by atoms with Crippen LogP contribution in [0.2, 0.25) is 0 Å². The van der Waals surface area contributed by atoms with Crippen molar-refractivity contribution in [1.29, 1.82) is 0 Å². The van der Waals surface area contributed by atoms with Gasteiger partial charge in [-0.3, -0.25) is 4.79 Å². The van der Waals surface area contributed by atoms with E-state index in [2.05, 4.69) is 22.9 Å². The Bertz CT molecular complexity index is 481. The van der Waals surface area contributed by atoms with Crippen LogP contribution >= 0.6 is 15.9 Å². The zero-order chi connectivity index (χ0) is 14.0. The normalized spacial score (nSPS) is 23.5. The van der Waals surface area contributed by atoms with Gasteiger partial charge in [0.15, 0.2) is 0 Å². The second-order valence-corrected chi connectivity index (χ2v) is 6.00. The second-order valence-electron chi connectivity index (χ2n) is 5.14. The van der Waals surface area contributed by atoms with Gasteiger partial charge in [0.25, 0.3) is 5.91 Å². The summed E-state index contributed by atoms with van der Waals surface area (Å²) in [5.41, 5.74) is 6.26. The standard InChI is InChI=1S/C14H18BrFN2O/c1-9-4-5-18(11(6-9)8-17)14(19)12-3-2-10(16)7-13(12)15/h2-3,7,9,11H,4-6,8,17H2,1H3. The maximum Gasteiger partial charge on any atom is 0.255 e. The molecule has 1 aliphatic rings. The Balaban J connectivity index is 2.22.